The number of pyridine rings is 1. The molecule has 1 heterocycles. The zero-order valence-electron chi connectivity index (χ0n) is 9.54. The molecule has 18 heavy (non-hydrogen) atoms. The third-order valence-electron chi connectivity index (χ3n) is 2.40. The number of rotatable bonds is 2. The maximum absolute atomic E-state index is 13.6. The Kier molecular flexibility index (Phi) is 3.20. The van der Waals surface area contributed by atoms with Crippen LogP contribution in [-0.4, -0.2) is 4.98 Å². The van der Waals surface area contributed by atoms with Crippen LogP contribution in [0.15, 0.2) is 30.5 Å². The number of aromatic nitrogens is 1. The molecule has 0 spiro atoms. The zero-order valence-corrected chi connectivity index (χ0v) is 9.54. The van der Waals surface area contributed by atoms with Gasteiger partial charge in [0, 0.05) is 12.3 Å². The van der Waals surface area contributed by atoms with Crippen molar-refractivity contribution >= 4 is 11.5 Å². The van der Waals surface area contributed by atoms with Gasteiger partial charge in [-0.1, -0.05) is 0 Å². The quantitative estimate of drug-likeness (QED) is 0.883. The van der Waals surface area contributed by atoms with Gasteiger partial charge >= 0.3 is 0 Å². The first kappa shape index (κ1) is 12.0. The van der Waals surface area contributed by atoms with Crippen molar-refractivity contribution in [2.24, 2.45) is 0 Å². The number of aryl methyl sites for hydroxylation is 1. The molecule has 2 aromatic rings. The Morgan fingerprint density at radius 2 is 2.00 bits per heavy atom. The molecular weight excluding hydrogens is 236 g/mol. The number of nitriles is 1. The lowest BCUT2D eigenvalue weighted by Crippen LogP contribution is -1.98. The largest absolute Gasteiger partial charge is 0.338 e. The van der Waals surface area contributed by atoms with Crippen molar-refractivity contribution in [1.29, 1.82) is 5.26 Å². The van der Waals surface area contributed by atoms with Gasteiger partial charge in [-0.3, -0.25) is 0 Å². The topological polar surface area (TPSA) is 48.7 Å². The fraction of sp³-hybridized carbons (Fsp3) is 0.0769. The van der Waals surface area contributed by atoms with Gasteiger partial charge in [-0.05, 0) is 30.7 Å². The van der Waals surface area contributed by atoms with Crippen LogP contribution < -0.4 is 5.32 Å². The van der Waals surface area contributed by atoms with E-state index in [0.717, 1.165) is 12.1 Å². The van der Waals surface area contributed by atoms with Gasteiger partial charge in [-0.25, -0.2) is 13.8 Å². The Hall–Kier alpha value is -2.48. The second kappa shape index (κ2) is 4.80. The van der Waals surface area contributed by atoms with Crippen LogP contribution in [0, 0.1) is 29.9 Å². The predicted octanol–water partition coefficient (Wildman–Crippen LogP) is 3.28. The molecule has 0 unspecified atom stereocenters. The summed E-state index contributed by atoms with van der Waals surface area (Å²) in [5.41, 5.74) is 0.650. The van der Waals surface area contributed by atoms with Gasteiger partial charge in [0.2, 0.25) is 0 Å². The third kappa shape index (κ3) is 2.43. The van der Waals surface area contributed by atoms with Crippen LogP contribution in [0.2, 0.25) is 0 Å². The first-order chi connectivity index (χ1) is 8.60. The molecule has 0 radical (unpaired) electrons. The zero-order chi connectivity index (χ0) is 13.1. The summed E-state index contributed by atoms with van der Waals surface area (Å²) >= 11 is 0. The molecule has 0 bridgehead atoms. The molecule has 0 atom stereocenters. The number of anilines is 2. The maximum atomic E-state index is 13.6. The highest BCUT2D eigenvalue weighted by molar-refractivity contribution is 5.58. The van der Waals surface area contributed by atoms with E-state index >= 15 is 0 Å². The lowest BCUT2D eigenvalue weighted by molar-refractivity contribution is 0.595. The summed E-state index contributed by atoms with van der Waals surface area (Å²) in [4.78, 5) is 3.92. The van der Waals surface area contributed by atoms with Crippen LogP contribution in [0.4, 0.5) is 20.3 Å². The molecule has 90 valence electrons. The van der Waals surface area contributed by atoms with Crippen molar-refractivity contribution < 1.29 is 8.78 Å². The number of hydrogen-bond acceptors (Lipinski definition) is 3. The molecule has 0 aliphatic carbocycles. The summed E-state index contributed by atoms with van der Waals surface area (Å²) in [6.07, 6.45) is 1.35. The van der Waals surface area contributed by atoms with E-state index in [4.69, 9.17) is 5.26 Å². The molecule has 0 saturated heterocycles. The lowest BCUT2D eigenvalue weighted by atomic mass is 10.2. The number of hydrogen-bond donors (Lipinski definition) is 1. The van der Waals surface area contributed by atoms with Crippen LogP contribution >= 0.6 is 0 Å². The number of nitrogens with zero attached hydrogens (tertiary/aromatic N) is 2. The highest BCUT2D eigenvalue weighted by Gasteiger charge is 2.07. The van der Waals surface area contributed by atoms with Crippen molar-refractivity contribution in [3.8, 4) is 6.07 Å². The fourth-order valence-electron chi connectivity index (χ4n) is 1.41. The van der Waals surface area contributed by atoms with Crippen LogP contribution in [0.3, 0.4) is 0 Å². The van der Waals surface area contributed by atoms with Gasteiger partial charge in [0.25, 0.3) is 0 Å². The van der Waals surface area contributed by atoms with Gasteiger partial charge < -0.3 is 5.32 Å². The van der Waals surface area contributed by atoms with Crippen LogP contribution in [0.5, 0.6) is 0 Å². The molecule has 2 rings (SSSR count). The minimum atomic E-state index is -0.556. The lowest BCUT2D eigenvalue weighted by Gasteiger charge is -2.08. The van der Waals surface area contributed by atoms with E-state index in [-0.39, 0.29) is 11.3 Å². The Labute approximate surface area is 103 Å². The van der Waals surface area contributed by atoms with E-state index in [1.807, 2.05) is 6.07 Å². The predicted molar refractivity (Wildman–Crippen MR) is 63.3 cm³/mol. The molecule has 0 fully saturated rings. The molecule has 3 nitrogen and oxygen atoms in total. The monoisotopic (exact) mass is 245 g/mol. The average molecular weight is 245 g/mol. The van der Waals surface area contributed by atoms with Gasteiger partial charge in [0.05, 0.1) is 11.3 Å². The summed E-state index contributed by atoms with van der Waals surface area (Å²) < 4.78 is 26.9. The van der Waals surface area contributed by atoms with Gasteiger partial charge in [-0.2, -0.15) is 5.26 Å². The maximum Gasteiger partial charge on any atom is 0.147 e. The number of benzene rings is 1. The van der Waals surface area contributed by atoms with Crippen molar-refractivity contribution in [2.45, 2.75) is 6.92 Å². The first-order valence-electron chi connectivity index (χ1n) is 5.19. The van der Waals surface area contributed by atoms with E-state index in [1.54, 1.807) is 0 Å². The van der Waals surface area contributed by atoms with Crippen molar-refractivity contribution in [1.82, 2.24) is 4.98 Å². The van der Waals surface area contributed by atoms with E-state index in [1.165, 1.54) is 25.3 Å². The Morgan fingerprint density at radius 1 is 1.22 bits per heavy atom. The van der Waals surface area contributed by atoms with E-state index in [2.05, 4.69) is 10.3 Å². The van der Waals surface area contributed by atoms with Gasteiger partial charge in [-0.15, -0.1) is 0 Å². The smallest absolute Gasteiger partial charge is 0.147 e. The summed E-state index contributed by atoms with van der Waals surface area (Å²) in [5, 5.41) is 11.3. The van der Waals surface area contributed by atoms with Crippen LogP contribution in [-0.2, 0) is 0 Å². The Morgan fingerprint density at radius 3 is 2.61 bits per heavy atom. The highest BCUT2D eigenvalue weighted by Crippen LogP contribution is 2.22. The highest BCUT2D eigenvalue weighted by atomic mass is 19.1. The molecule has 0 amide bonds. The molecule has 1 aromatic heterocycles. The second-order valence-corrected chi connectivity index (χ2v) is 3.75. The van der Waals surface area contributed by atoms with Crippen molar-refractivity contribution in [3.05, 3.63) is 53.2 Å². The molecule has 5 heteroatoms. The van der Waals surface area contributed by atoms with Gasteiger partial charge in [0.1, 0.15) is 23.5 Å². The third-order valence-corrected chi connectivity index (χ3v) is 2.40. The van der Waals surface area contributed by atoms with E-state index < -0.39 is 11.6 Å². The van der Waals surface area contributed by atoms with Crippen LogP contribution in [0.1, 0.15) is 11.1 Å². The number of nitrogens with one attached hydrogen (secondary N) is 1. The summed E-state index contributed by atoms with van der Waals surface area (Å²) in [6, 6.07) is 7.17. The fourth-order valence-corrected chi connectivity index (χ4v) is 1.41. The van der Waals surface area contributed by atoms with E-state index in [0.29, 0.717) is 11.4 Å². The molecule has 0 aliphatic rings. The molecule has 0 aliphatic heterocycles. The first-order valence-corrected chi connectivity index (χ1v) is 5.19. The normalized spacial score (nSPS) is 9.89. The minimum absolute atomic E-state index is 0.00954. The SMILES string of the molecule is Cc1cc(F)c(Nc2ccc(C#N)cn2)cc1F. The molecule has 1 aromatic carbocycles. The van der Waals surface area contributed by atoms with Crippen molar-refractivity contribution in [3.63, 3.8) is 0 Å². The standard InChI is InChI=1S/C13H9F2N3/c1-8-4-11(15)12(5-10(8)14)18-13-3-2-9(6-16)7-17-13/h2-5,7H,1H3,(H,17,18). The Bertz CT molecular complexity index is 615. The molecule has 1 N–H and O–H groups in total. The summed E-state index contributed by atoms with van der Waals surface area (Å²) in [6.45, 7) is 1.49. The van der Waals surface area contributed by atoms with Gasteiger partial charge in [0.15, 0.2) is 0 Å². The summed E-state index contributed by atoms with van der Waals surface area (Å²) in [7, 11) is 0. The molecule has 0 saturated carbocycles. The van der Waals surface area contributed by atoms with E-state index in [9.17, 15) is 8.78 Å². The summed E-state index contributed by atoms with van der Waals surface area (Å²) in [5.74, 6) is -0.705. The number of halogens is 2. The average Bonchev–Trinajstić information content (AvgIpc) is 2.37. The minimum Gasteiger partial charge on any atom is -0.338 e. The Balaban J connectivity index is 2.28. The van der Waals surface area contributed by atoms with Crippen molar-refractivity contribution in [2.75, 3.05) is 5.32 Å². The second-order valence-electron chi connectivity index (χ2n) is 3.75. The van der Waals surface area contributed by atoms with Crippen LogP contribution in [0.25, 0.3) is 0 Å². The molecular formula is C13H9F2N3.